The summed E-state index contributed by atoms with van der Waals surface area (Å²) in [5.41, 5.74) is -0.433. The molecule has 0 unspecified atom stereocenters. The number of amides is 1. The Morgan fingerprint density at radius 3 is 2.29 bits per heavy atom. The minimum atomic E-state index is -3.98. The van der Waals surface area contributed by atoms with E-state index in [2.05, 4.69) is 0 Å². The van der Waals surface area contributed by atoms with Crippen molar-refractivity contribution in [1.29, 1.82) is 0 Å². The van der Waals surface area contributed by atoms with Gasteiger partial charge in [-0.2, -0.15) is 4.31 Å². The molecule has 0 radical (unpaired) electrons. The Morgan fingerprint density at radius 1 is 1.14 bits per heavy atom. The van der Waals surface area contributed by atoms with Crippen LogP contribution in [-0.2, 0) is 19.6 Å². The first-order chi connectivity index (χ1) is 13.2. The van der Waals surface area contributed by atoms with Crippen molar-refractivity contribution < 1.29 is 22.9 Å². The number of nitro benzene ring substituents is 1. The van der Waals surface area contributed by atoms with Gasteiger partial charge in [-0.1, -0.05) is 12.1 Å². The molecule has 2 atom stereocenters. The van der Waals surface area contributed by atoms with Gasteiger partial charge in [-0.3, -0.25) is 14.9 Å². The molecule has 9 nitrogen and oxygen atoms in total. The van der Waals surface area contributed by atoms with Crippen LogP contribution in [0.1, 0.15) is 26.7 Å². The Morgan fingerprint density at radius 2 is 1.71 bits per heavy atom. The molecule has 2 heterocycles. The SMILES string of the molecule is C[C@@H]1CN(C(=O)C2CCN(S(=O)(=O)c3ccccc3[N+](=O)[O-])CC2)C[C@H](C)O1. The number of sulfonamides is 1. The van der Waals surface area contributed by atoms with E-state index in [0.29, 0.717) is 25.9 Å². The summed E-state index contributed by atoms with van der Waals surface area (Å²) >= 11 is 0. The molecule has 2 fully saturated rings. The van der Waals surface area contributed by atoms with Crippen LogP contribution in [0.3, 0.4) is 0 Å². The quantitative estimate of drug-likeness (QED) is 0.550. The van der Waals surface area contributed by atoms with Crippen molar-refractivity contribution in [2.45, 2.75) is 43.8 Å². The molecule has 0 saturated carbocycles. The third-order valence-electron chi connectivity index (χ3n) is 5.21. The number of morpholine rings is 1. The van der Waals surface area contributed by atoms with Crippen molar-refractivity contribution in [3.8, 4) is 0 Å². The summed E-state index contributed by atoms with van der Waals surface area (Å²) in [6.07, 6.45) is 0.760. The summed E-state index contributed by atoms with van der Waals surface area (Å²) in [7, 11) is -3.98. The zero-order chi connectivity index (χ0) is 20.5. The second kappa shape index (κ2) is 8.14. The number of ether oxygens (including phenoxy) is 1. The van der Waals surface area contributed by atoms with Crippen molar-refractivity contribution in [3.63, 3.8) is 0 Å². The Balaban J connectivity index is 1.68. The van der Waals surface area contributed by atoms with Gasteiger partial charge in [0.1, 0.15) is 0 Å². The number of hydrogen-bond acceptors (Lipinski definition) is 6. The maximum Gasteiger partial charge on any atom is 0.289 e. The van der Waals surface area contributed by atoms with Crippen molar-refractivity contribution in [2.75, 3.05) is 26.2 Å². The van der Waals surface area contributed by atoms with Gasteiger partial charge in [0.05, 0.1) is 17.1 Å². The second-order valence-electron chi connectivity index (χ2n) is 7.40. The van der Waals surface area contributed by atoms with Gasteiger partial charge in [-0.25, -0.2) is 8.42 Å². The van der Waals surface area contributed by atoms with Crippen LogP contribution in [0.4, 0.5) is 5.69 Å². The van der Waals surface area contributed by atoms with Crippen LogP contribution in [0, 0.1) is 16.0 Å². The first-order valence-electron chi connectivity index (χ1n) is 9.38. The molecular weight excluding hydrogens is 386 g/mol. The largest absolute Gasteiger partial charge is 0.372 e. The predicted molar refractivity (Wildman–Crippen MR) is 101 cm³/mol. The molecule has 2 aliphatic rings. The van der Waals surface area contributed by atoms with Crippen LogP contribution in [0.2, 0.25) is 0 Å². The molecule has 1 amide bonds. The van der Waals surface area contributed by atoms with Gasteiger partial charge in [0.15, 0.2) is 4.90 Å². The number of carbonyl (C=O) groups excluding carboxylic acids is 1. The van der Waals surface area contributed by atoms with Gasteiger partial charge in [0, 0.05) is 38.2 Å². The van der Waals surface area contributed by atoms with E-state index in [0.717, 1.165) is 0 Å². The summed E-state index contributed by atoms with van der Waals surface area (Å²) in [6, 6.07) is 5.34. The third kappa shape index (κ3) is 4.18. The molecule has 10 heteroatoms. The van der Waals surface area contributed by atoms with Gasteiger partial charge in [-0.05, 0) is 32.8 Å². The molecule has 0 aliphatic carbocycles. The van der Waals surface area contributed by atoms with Gasteiger partial charge in [-0.15, -0.1) is 0 Å². The number of benzene rings is 1. The van der Waals surface area contributed by atoms with Gasteiger partial charge >= 0.3 is 0 Å². The Kier molecular flexibility index (Phi) is 6.01. The van der Waals surface area contributed by atoms with E-state index in [1.807, 2.05) is 13.8 Å². The minimum absolute atomic E-state index is 0.0215. The number of carbonyl (C=O) groups is 1. The van der Waals surface area contributed by atoms with E-state index in [1.165, 1.54) is 28.6 Å². The molecule has 1 aromatic rings. The molecule has 0 spiro atoms. The fourth-order valence-electron chi connectivity index (χ4n) is 3.92. The normalized spacial score (nSPS) is 24.9. The Labute approximate surface area is 164 Å². The lowest BCUT2D eigenvalue weighted by Gasteiger charge is -2.39. The van der Waals surface area contributed by atoms with E-state index in [4.69, 9.17) is 4.74 Å². The van der Waals surface area contributed by atoms with Gasteiger partial charge in [0.25, 0.3) is 5.69 Å². The highest BCUT2D eigenvalue weighted by Gasteiger charge is 2.37. The van der Waals surface area contributed by atoms with E-state index in [-0.39, 0.29) is 42.0 Å². The fraction of sp³-hybridized carbons (Fsp3) is 0.611. The molecule has 0 N–H and O–H groups in total. The molecule has 0 bridgehead atoms. The summed E-state index contributed by atoms with van der Waals surface area (Å²) in [4.78, 5) is 24.8. The fourth-order valence-corrected chi connectivity index (χ4v) is 5.55. The van der Waals surface area contributed by atoms with Crippen LogP contribution in [0.5, 0.6) is 0 Å². The van der Waals surface area contributed by atoms with Crippen LogP contribution < -0.4 is 0 Å². The maximum absolute atomic E-state index is 12.9. The summed E-state index contributed by atoms with van der Waals surface area (Å²) < 4.78 is 32.7. The highest BCUT2D eigenvalue weighted by Crippen LogP contribution is 2.30. The van der Waals surface area contributed by atoms with Gasteiger partial charge in [0.2, 0.25) is 15.9 Å². The number of nitro groups is 1. The number of rotatable bonds is 4. The summed E-state index contributed by atoms with van der Waals surface area (Å²) in [5.74, 6) is -0.209. The maximum atomic E-state index is 12.9. The Bertz CT molecular complexity index is 841. The first kappa shape index (κ1) is 20.7. The number of para-hydroxylation sites is 1. The van der Waals surface area contributed by atoms with Crippen LogP contribution in [-0.4, -0.2) is 66.8 Å². The Hall–Kier alpha value is -2.04. The molecule has 2 aliphatic heterocycles. The lowest BCUT2D eigenvalue weighted by molar-refractivity contribution is -0.387. The molecule has 0 aromatic heterocycles. The molecule has 2 saturated heterocycles. The average Bonchev–Trinajstić information content (AvgIpc) is 2.66. The minimum Gasteiger partial charge on any atom is -0.372 e. The first-order valence-corrected chi connectivity index (χ1v) is 10.8. The van der Waals surface area contributed by atoms with Crippen LogP contribution in [0.25, 0.3) is 0 Å². The average molecular weight is 411 g/mol. The summed E-state index contributed by atoms with van der Waals surface area (Å²) in [5, 5.41) is 11.2. The monoisotopic (exact) mass is 411 g/mol. The van der Waals surface area contributed by atoms with Crippen molar-refractivity contribution >= 4 is 21.6 Å². The van der Waals surface area contributed by atoms with Crippen molar-refractivity contribution in [2.24, 2.45) is 5.92 Å². The highest BCUT2D eigenvalue weighted by atomic mass is 32.2. The van der Waals surface area contributed by atoms with Crippen LogP contribution >= 0.6 is 0 Å². The smallest absolute Gasteiger partial charge is 0.289 e. The molecule has 1 aromatic carbocycles. The molecular formula is C18H25N3O6S. The second-order valence-corrected chi connectivity index (χ2v) is 9.31. The van der Waals surface area contributed by atoms with E-state index in [1.54, 1.807) is 4.90 Å². The summed E-state index contributed by atoms with van der Waals surface area (Å²) in [6.45, 7) is 5.27. The molecule has 154 valence electrons. The van der Waals surface area contributed by atoms with E-state index < -0.39 is 20.6 Å². The molecule has 3 rings (SSSR count). The predicted octanol–water partition coefficient (Wildman–Crippen LogP) is 1.63. The lowest BCUT2D eigenvalue weighted by Crippen LogP contribution is -2.51. The van der Waals surface area contributed by atoms with Crippen molar-refractivity contribution in [3.05, 3.63) is 34.4 Å². The third-order valence-corrected chi connectivity index (χ3v) is 7.16. The van der Waals surface area contributed by atoms with E-state index in [9.17, 15) is 23.3 Å². The lowest BCUT2D eigenvalue weighted by atomic mass is 9.96. The number of hydrogen-bond donors (Lipinski definition) is 0. The van der Waals surface area contributed by atoms with E-state index >= 15 is 0 Å². The highest BCUT2D eigenvalue weighted by molar-refractivity contribution is 7.89. The number of nitrogens with zero attached hydrogens (tertiary/aromatic N) is 3. The number of piperidine rings is 1. The molecule has 28 heavy (non-hydrogen) atoms. The topological polar surface area (TPSA) is 110 Å². The van der Waals surface area contributed by atoms with Crippen molar-refractivity contribution in [1.82, 2.24) is 9.21 Å². The van der Waals surface area contributed by atoms with Crippen LogP contribution in [0.15, 0.2) is 29.2 Å². The zero-order valence-electron chi connectivity index (χ0n) is 16.0. The standard InChI is InChI=1S/C18H25N3O6S/c1-13-11-19(12-14(2)27-13)18(22)15-7-9-20(10-8-15)28(25,26)17-6-4-3-5-16(17)21(23)24/h3-6,13-15H,7-12H2,1-2H3/t13-,14+. The van der Waals surface area contributed by atoms with Gasteiger partial charge < -0.3 is 9.64 Å². The zero-order valence-corrected chi connectivity index (χ0v) is 16.8.